The van der Waals surface area contributed by atoms with E-state index in [1.807, 2.05) is 0 Å². The molecule has 0 saturated carbocycles. The van der Waals surface area contributed by atoms with Gasteiger partial charge >= 0.3 is 0 Å². The quantitative estimate of drug-likeness (QED) is 0.202. The SMILES string of the molecule is [B][Si]([SiH3])(N=[N+]=[N-])[SiH2]C. The van der Waals surface area contributed by atoms with E-state index in [0.717, 1.165) is 9.76 Å². The van der Waals surface area contributed by atoms with Crippen LogP contribution in [-0.2, 0) is 0 Å². The molecule has 0 aliphatic carbocycles. The van der Waals surface area contributed by atoms with Crippen molar-refractivity contribution in [3.8, 4) is 0 Å². The van der Waals surface area contributed by atoms with Crippen LogP contribution in [0.5, 0.6) is 0 Å². The normalized spacial score (nSPS) is 18.1. The highest BCUT2D eigenvalue weighted by Gasteiger charge is 2.13. The van der Waals surface area contributed by atoms with Crippen molar-refractivity contribution in [3.63, 3.8) is 0 Å². The van der Waals surface area contributed by atoms with Crippen LogP contribution in [0.2, 0.25) is 6.55 Å². The Balaban J connectivity index is 3.90. The fourth-order valence-electron chi connectivity index (χ4n) is 0.173. The lowest BCUT2D eigenvalue weighted by atomic mass is 10.8. The standard InChI is InChI=1S/CH8BN3Si3/c1-7-8(2,6)5-4-3/h7H2,1,6H3. The van der Waals surface area contributed by atoms with Crippen LogP contribution in [0.25, 0.3) is 10.4 Å². The van der Waals surface area contributed by atoms with Gasteiger partial charge in [-0.2, -0.15) is 0 Å². The molecule has 0 aromatic carbocycles. The van der Waals surface area contributed by atoms with E-state index >= 15 is 0 Å². The van der Waals surface area contributed by atoms with Gasteiger partial charge in [-0.3, -0.25) is 0 Å². The van der Waals surface area contributed by atoms with Gasteiger partial charge in [-0.15, -0.1) is 4.78 Å². The Morgan fingerprint density at radius 3 is 2.62 bits per heavy atom. The van der Waals surface area contributed by atoms with Crippen LogP contribution in [0.3, 0.4) is 0 Å². The largest absolute Gasteiger partial charge is 0.140 e. The molecule has 0 fully saturated rings. The van der Waals surface area contributed by atoms with E-state index in [2.05, 4.69) is 16.2 Å². The fourth-order valence-corrected chi connectivity index (χ4v) is 1.40. The van der Waals surface area contributed by atoms with E-state index in [9.17, 15) is 0 Å². The summed E-state index contributed by atoms with van der Waals surface area (Å²) in [6, 6.07) is 0. The Labute approximate surface area is 55.7 Å². The first-order valence-electron chi connectivity index (χ1n) is 2.47. The summed E-state index contributed by atoms with van der Waals surface area (Å²) >= 11 is 0. The van der Waals surface area contributed by atoms with E-state index in [4.69, 9.17) is 13.0 Å². The van der Waals surface area contributed by atoms with E-state index in [1.165, 1.54) is 0 Å². The van der Waals surface area contributed by atoms with Gasteiger partial charge in [0.1, 0.15) is 0 Å². The molecule has 0 aliphatic rings. The highest BCUT2D eigenvalue weighted by molar-refractivity contribution is 7.62. The summed E-state index contributed by atoms with van der Waals surface area (Å²) < 4.78 is 3.60. The van der Waals surface area contributed by atoms with Gasteiger partial charge in [0.05, 0.1) is 14.6 Å². The summed E-state index contributed by atoms with van der Waals surface area (Å²) in [6.07, 6.45) is 0. The van der Waals surface area contributed by atoms with Crippen molar-refractivity contribution in [3.05, 3.63) is 10.4 Å². The zero-order chi connectivity index (χ0) is 6.62. The maximum Gasteiger partial charge on any atom is 0.0832 e. The van der Waals surface area contributed by atoms with Gasteiger partial charge in [-0.25, -0.2) is 0 Å². The minimum atomic E-state index is -1.69. The number of nitrogens with zero attached hydrogens (tertiary/aromatic N) is 3. The molecule has 0 amide bonds. The van der Waals surface area contributed by atoms with Crippen LogP contribution in [0.4, 0.5) is 0 Å². The molecule has 1 atom stereocenters. The molecule has 7 heteroatoms. The molecule has 8 heavy (non-hydrogen) atoms. The summed E-state index contributed by atoms with van der Waals surface area (Å²) in [5.41, 5.74) is 7.99. The highest BCUT2D eigenvalue weighted by atomic mass is 29.6. The molecule has 0 aliphatic heterocycles. The monoisotopic (exact) mass is 157 g/mol. The number of azide groups is 1. The number of rotatable bonds is 2. The fraction of sp³-hybridized carbons (Fsp3) is 1.00. The molecule has 0 saturated heterocycles. The lowest BCUT2D eigenvalue weighted by Crippen LogP contribution is -2.40. The first kappa shape index (κ1) is 8.03. The summed E-state index contributed by atoms with van der Waals surface area (Å²) in [7, 11) is 4.68. The molecule has 0 aromatic rings. The second kappa shape index (κ2) is 3.13. The van der Waals surface area contributed by atoms with Crippen molar-refractivity contribution in [1.82, 2.24) is 0 Å². The van der Waals surface area contributed by atoms with Crippen molar-refractivity contribution in [1.29, 1.82) is 0 Å². The Morgan fingerprint density at radius 2 is 2.50 bits per heavy atom. The summed E-state index contributed by atoms with van der Waals surface area (Å²) in [4.78, 5) is 2.71. The van der Waals surface area contributed by atoms with Crippen LogP contribution >= 0.6 is 0 Å². The first-order valence-corrected chi connectivity index (χ1v) is 11.7. The zero-order valence-corrected chi connectivity index (χ0v) is 9.54. The Hall–Kier alpha value is 0.0256. The lowest BCUT2D eigenvalue weighted by Gasteiger charge is -2.09. The van der Waals surface area contributed by atoms with Crippen LogP contribution in [0.1, 0.15) is 0 Å². The highest BCUT2D eigenvalue weighted by Crippen LogP contribution is 1.88. The lowest BCUT2D eigenvalue weighted by molar-refractivity contribution is 1.74. The van der Waals surface area contributed by atoms with Crippen molar-refractivity contribution in [2.45, 2.75) is 6.55 Å². The molecule has 0 heterocycles. The molecule has 42 valence electrons. The molecule has 1 unspecified atom stereocenters. The Morgan fingerprint density at radius 1 is 2.00 bits per heavy atom. The predicted molar refractivity (Wildman–Crippen MR) is 45.0 cm³/mol. The smallest absolute Gasteiger partial charge is 0.0832 e. The molecule has 0 spiro atoms. The number of hydrogen-bond donors (Lipinski definition) is 0. The maximum absolute atomic E-state index is 7.99. The van der Waals surface area contributed by atoms with Gasteiger partial charge in [0.15, 0.2) is 0 Å². The van der Waals surface area contributed by atoms with Gasteiger partial charge in [-0.1, -0.05) is 6.55 Å². The maximum atomic E-state index is 7.99. The topological polar surface area (TPSA) is 48.8 Å². The minimum Gasteiger partial charge on any atom is -0.140 e. The molecule has 0 N–H and O–H groups in total. The van der Waals surface area contributed by atoms with E-state index in [0.29, 0.717) is 0 Å². The van der Waals surface area contributed by atoms with Crippen molar-refractivity contribution < 1.29 is 0 Å². The molecule has 0 bridgehead atoms. The summed E-state index contributed by atoms with van der Waals surface area (Å²) in [5, 5.41) is 0. The molecule has 0 aromatic heterocycles. The van der Waals surface area contributed by atoms with E-state index in [-0.39, 0.29) is 9.04 Å². The molecule has 2 radical (unpaired) electrons. The average molecular weight is 157 g/mol. The summed E-state index contributed by atoms with van der Waals surface area (Å²) in [6.45, 7) is 2.11. The molecule has 3 nitrogen and oxygen atoms in total. The Bertz CT molecular complexity index is 118. The molecule has 0 rings (SSSR count). The Kier molecular flexibility index (Phi) is 3.14. The van der Waals surface area contributed by atoms with E-state index in [1.54, 1.807) is 0 Å². The van der Waals surface area contributed by atoms with Crippen LogP contribution in [-0.4, -0.2) is 33.4 Å². The third kappa shape index (κ3) is 3.08. The predicted octanol–water partition coefficient (Wildman–Crippen LogP) is -1.52. The molecular formula is CH8BN3Si3. The van der Waals surface area contributed by atoms with E-state index < -0.39 is 7.14 Å². The van der Waals surface area contributed by atoms with Crippen LogP contribution in [0.15, 0.2) is 4.78 Å². The van der Waals surface area contributed by atoms with Crippen molar-refractivity contribution >= 4 is 33.4 Å². The summed E-state index contributed by atoms with van der Waals surface area (Å²) in [5.74, 6) is 0. The van der Waals surface area contributed by atoms with Gasteiger partial charge in [0.2, 0.25) is 0 Å². The third-order valence-electron chi connectivity index (χ3n) is 0.989. The van der Waals surface area contributed by atoms with Crippen molar-refractivity contribution in [2.24, 2.45) is 4.78 Å². The number of hydrogen-bond acceptors (Lipinski definition) is 1. The van der Waals surface area contributed by atoms with Gasteiger partial charge in [0.25, 0.3) is 0 Å². The minimum absolute atomic E-state index is 0.211. The van der Waals surface area contributed by atoms with Crippen molar-refractivity contribution in [2.75, 3.05) is 0 Å². The zero-order valence-electron chi connectivity index (χ0n) is 5.13. The first-order chi connectivity index (χ1) is 3.62. The van der Waals surface area contributed by atoms with Gasteiger partial charge in [0, 0.05) is 9.04 Å². The van der Waals surface area contributed by atoms with Gasteiger partial charge < -0.3 is 0 Å². The van der Waals surface area contributed by atoms with Crippen LogP contribution in [0, 0.1) is 0 Å². The average Bonchev–Trinajstić information content (AvgIpc) is 1.67. The molecular weight excluding hydrogens is 149 g/mol. The second-order valence-electron chi connectivity index (χ2n) is 1.90. The third-order valence-corrected chi connectivity index (χ3v) is 14.6. The van der Waals surface area contributed by atoms with Gasteiger partial charge in [-0.05, 0) is 20.2 Å². The van der Waals surface area contributed by atoms with Crippen LogP contribution < -0.4 is 0 Å². The second-order valence-corrected chi connectivity index (χ2v) is 21.4.